The van der Waals surface area contributed by atoms with Crippen LogP contribution >= 0.6 is 0 Å². The Balaban J connectivity index is 1.95. The minimum Gasteiger partial charge on any atom is -0.381 e. The summed E-state index contributed by atoms with van der Waals surface area (Å²) in [5.41, 5.74) is -0.542. The molecule has 0 bridgehead atoms. The zero-order valence-corrected chi connectivity index (χ0v) is 7.32. The minimum absolute atomic E-state index is 0.285. The van der Waals surface area contributed by atoms with Crippen molar-refractivity contribution in [2.75, 3.05) is 26.4 Å². The average Bonchev–Trinajstić information content (AvgIpc) is 2.13. The third-order valence-electron chi connectivity index (χ3n) is 2.53. The second-order valence-electron chi connectivity index (χ2n) is 3.60. The fourth-order valence-corrected chi connectivity index (χ4v) is 1.66. The Morgan fingerprint density at radius 3 is 2.38 bits per heavy atom. The highest BCUT2D eigenvalue weighted by atomic mass is 19.3. The normalized spacial score (nSPS) is 31.8. The molecule has 0 aromatic heterocycles. The Labute approximate surface area is 75.4 Å². The Bertz CT molecular complexity index is 181. The number of nitrogens with one attached hydrogen (secondary N) is 1. The van der Waals surface area contributed by atoms with Crippen LogP contribution < -0.4 is 5.32 Å². The van der Waals surface area contributed by atoms with E-state index in [9.17, 15) is 8.78 Å². The van der Waals surface area contributed by atoms with E-state index >= 15 is 0 Å². The third-order valence-corrected chi connectivity index (χ3v) is 2.53. The first-order valence-corrected chi connectivity index (χ1v) is 4.47. The molecule has 0 amide bonds. The van der Waals surface area contributed by atoms with Crippen LogP contribution in [-0.4, -0.2) is 38.0 Å². The summed E-state index contributed by atoms with van der Waals surface area (Å²) in [5.74, 6) is -2.72. The number of rotatable bonds is 0. The van der Waals surface area contributed by atoms with Gasteiger partial charge in [0, 0.05) is 12.8 Å². The molecular weight excluding hydrogens is 180 g/mol. The summed E-state index contributed by atoms with van der Waals surface area (Å²) in [6.45, 7) is 0.407. The fraction of sp³-hybridized carbons (Fsp3) is 1.00. The number of ether oxygens (including phenoxy) is 2. The van der Waals surface area contributed by atoms with Gasteiger partial charge in [0.2, 0.25) is 0 Å². The molecule has 2 heterocycles. The monoisotopic (exact) mass is 193 g/mol. The largest absolute Gasteiger partial charge is 0.381 e. The van der Waals surface area contributed by atoms with Gasteiger partial charge in [0.25, 0.3) is 5.92 Å². The fourth-order valence-electron chi connectivity index (χ4n) is 1.66. The average molecular weight is 193 g/mol. The van der Waals surface area contributed by atoms with Gasteiger partial charge >= 0.3 is 0 Å². The van der Waals surface area contributed by atoms with E-state index < -0.39 is 18.3 Å². The quantitative estimate of drug-likeness (QED) is 0.615. The molecule has 0 atom stereocenters. The van der Waals surface area contributed by atoms with Crippen LogP contribution in [0.1, 0.15) is 12.8 Å². The highest BCUT2D eigenvalue weighted by Gasteiger charge is 2.44. The molecule has 0 aromatic rings. The molecule has 2 fully saturated rings. The third kappa shape index (κ3) is 1.98. The van der Waals surface area contributed by atoms with Crippen LogP contribution in [0.4, 0.5) is 8.78 Å². The van der Waals surface area contributed by atoms with E-state index in [0.29, 0.717) is 26.1 Å². The van der Waals surface area contributed by atoms with Gasteiger partial charge in [-0.25, -0.2) is 8.78 Å². The van der Waals surface area contributed by atoms with Gasteiger partial charge in [0.15, 0.2) is 0 Å². The van der Waals surface area contributed by atoms with E-state index in [1.165, 1.54) is 0 Å². The lowest BCUT2D eigenvalue weighted by molar-refractivity contribution is -0.217. The topological polar surface area (TPSA) is 30.5 Å². The van der Waals surface area contributed by atoms with Gasteiger partial charge in [0.1, 0.15) is 12.3 Å². The molecule has 1 N–H and O–H groups in total. The zero-order valence-electron chi connectivity index (χ0n) is 7.32. The van der Waals surface area contributed by atoms with Crippen LogP contribution in [0.15, 0.2) is 0 Å². The Hall–Kier alpha value is -0.260. The van der Waals surface area contributed by atoms with Crippen molar-refractivity contribution in [2.45, 2.75) is 24.5 Å². The summed E-state index contributed by atoms with van der Waals surface area (Å²) in [4.78, 5) is 0. The van der Waals surface area contributed by atoms with Gasteiger partial charge in [0.05, 0.1) is 19.8 Å². The molecule has 2 rings (SSSR count). The zero-order chi connectivity index (χ0) is 9.36. The van der Waals surface area contributed by atoms with Crippen LogP contribution in [-0.2, 0) is 9.47 Å². The highest BCUT2D eigenvalue weighted by molar-refractivity contribution is 4.88. The summed E-state index contributed by atoms with van der Waals surface area (Å²) in [7, 11) is 0. The molecule has 3 nitrogen and oxygen atoms in total. The number of hydrogen-bond acceptors (Lipinski definition) is 3. The minimum atomic E-state index is -2.72. The molecule has 0 saturated carbocycles. The number of hydrogen-bond donors (Lipinski definition) is 1. The Morgan fingerprint density at radius 1 is 1.15 bits per heavy atom. The molecule has 0 radical (unpaired) electrons. The molecule has 0 aromatic carbocycles. The van der Waals surface area contributed by atoms with Crippen LogP contribution in [0.25, 0.3) is 0 Å². The lowest BCUT2D eigenvalue weighted by atomic mass is 10.0. The van der Waals surface area contributed by atoms with Crippen molar-refractivity contribution in [1.82, 2.24) is 5.32 Å². The smallest absolute Gasteiger partial charge is 0.283 e. The maximum atomic E-state index is 12.7. The van der Waals surface area contributed by atoms with E-state index in [4.69, 9.17) is 9.47 Å². The van der Waals surface area contributed by atoms with Gasteiger partial charge in [-0.15, -0.1) is 0 Å². The first kappa shape index (κ1) is 9.30. The van der Waals surface area contributed by atoms with Gasteiger partial charge in [-0.05, 0) is 0 Å². The van der Waals surface area contributed by atoms with E-state index in [0.717, 1.165) is 0 Å². The lowest BCUT2D eigenvalue weighted by Crippen LogP contribution is -2.61. The molecule has 2 saturated heterocycles. The summed E-state index contributed by atoms with van der Waals surface area (Å²) in [5, 5.41) is 2.77. The van der Waals surface area contributed by atoms with Crippen LogP contribution in [0.2, 0.25) is 0 Å². The molecule has 1 spiro atoms. The van der Waals surface area contributed by atoms with Gasteiger partial charge < -0.3 is 9.47 Å². The van der Waals surface area contributed by atoms with Crippen LogP contribution in [0.5, 0.6) is 0 Å². The standard InChI is InChI=1S/C8H13F2NO2/c9-7(10)5-11-8(13-6-7)1-3-12-4-2-8/h11H,1-6H2. The van der Waals surface area contributed by atoms with E-state index in [2.05, 4.69) is 5.32 Å². The maximum Gasteiger partial charge on any atom is 0.283 e. The predicted octanol–water partition coefficient (Wildman–Crippen LogP) is 0.748. The van der Waals surface area contributed by atoms with Crippen LogP contribution in [0, 0.1) is 0 Å². The Morgan fingerprint density at radius 2 is 1.85 bits per heavy atom. The van der Waals surface area contributed by atoms with Gasteiger partial charge in [-0.3, -0.25) is 5.32 Å². The molecule has 13 heavy (non-hydrogen) atoms. The SMILES string of the molecule is FC1(F)CNC2(CCOCC2)OC1. The molecule has 2 aliphatic heterocycles. The highest BCUT2D eigenvalue weighted by Crippen LogP contribution is 2.29. The van der Waals surface area contributed by atoms with Crippen molar-refractivity contribution in [3.63, 3.8) is 0 Å². The summed E-state index contributed by atoms with van der Waals surface area (Å²) in [6.07, 6.45) is 1.31. The number of alkyl halides is 2. The van der Waals surface area contributed by atoms with Gasteiger partial charge in [-0.1, -0.05) is 0 Å². The number of halogens is 2. The molecule has 0 unspecified atom stereocenters. The van der Waals surface area contributed by atoms with Crippen molar-refractivity contribution in [1.29, 1.82) is 0 Å². The summed E-state index contributed by atoms with van der Waals surface area (Å²) >= 11 is 0. The molecule has 5 heteroatoms. The van der Waals surface area contributed by atoms with Crippen molar-refractivity contribution in [3.05, 3.63) is 0 Å². The summed E-state index contributed by atoms with van der Waals surface area (Å²) < 4.78 is 35.8. The first-order chi connectivity index (χ1) is 6.12. The molecular formula is C8H13F2NO2. The second kappa shape index (κ2) is 3.15. The maximum absolute atomic E-state index is 12.7. The molecule has 2 aliphatic rings. The molecule has 76 valence electrons. The van der Waals surface area contributed by atoms with E-state index in [-0.39, 0.29) is 6.54 Å². The van der Waals surface area contributed by atoms with Crippen molar-refractivity contribution in [2.24, 2.45) is 0 Å². The molecule has 0 aliphatic carbocycles. The second-order valence-corrected chi connectivity index (χ2v) is 3.60. The van der Waals surface area contributed by atoms with Crippen LogP contribution in [0.3, 0.4) is 0 Å². The van der Waals surface area contributed by atoms with E-state index in [1.54, 1.807) is 0 Å². The Kier molecular flexibility index (Phi) is 2.25. The predicted molar refractivity (Wildman–Crippen MR) is 41.7 cm³/mol. The van der Waals surface area contributed by atoms with Gasteiger partial charge in [-0.2, -0.15) is 0 Å². The van der Waals surface area contributed by atoms with E-state index in [1.807, 2.05) is 0 Å². The summed E-state index contributed by atoms with van der Waals surface area (Å²) in [6, 6.07) is 0. The first-order valence-electron chi connectivity index (χ1n) is 4.47. The van der Waals surface area contributed by atoms with Crippen molar-refractivity contribution < 1.29 is 18.3 Å². The van der Waals surface area contributed by atoms with Crippen molar-refractivity contribution >= 4 is 0 Å². The lowest BCUT2D eigenvalue weighted by Gasteiger charge is -2.43. The van der Waals surface area contributed by atoms with Crippen molar-refractivity contribution in [3.8, 4) is 0 Å².